The molecule has 1 aliphatic heterocycles. The van der Waals surface area contributed by atoms with Crippen molar-refractivity contribution in [1.82, 2.24) is 0 Å². The Morgan fingerprint density at radius 1 is 1.53 bits per heavy atom. The molecular weight excluding hydrogens is 248 g/mol. The van der Waals surface area contributed by atoms with Crippen LogP contribution in [0.25, 0.3) is 0 Å². The van der Waals surface area contributed by atoms with Crippen LogP contribution >= 0.6 is 0 Å². The van der Waals surface area contributed by atoms with E-state index in [9.17, 15) is 4.79 Å². The van der Waals surface area contributed by atoms with Crippen LogP contribution in [0.5, 0.6) is 0 Å². The summed E-state index contributed by atoms with van der Waals surface area (Å²) in [6.07, 6.45) is 5.88. The van der Waals surface area contributed by atoms with Crippen LogP contribution in [0.2, 0.25) is 0 Å². The van der Waals surface area contributed by atoms with Gasteiger partial charge in [-0.1, -0.05) is 18.2 Å². The van der Waals surface area contributed by atoms with Crippen molar-refractivity contribution in [3.63, 3.8) is 0 Å². The van der Waals surface area contributed by atoms with Crippen LogP contribution in [0.3, 0.4) is 0 Å². The lowest BCUT2D eigenvalue weighted by Crippen LogP contribution is -2.39. The normalized spacial score (nSPS) is 30.2. The molecule has 5 heteroatoms. The van der Waals surface area contributed by atoms with Gasteiger partial charge < -0.3 is 18.9 Å². The maximum absolute atomic E-state index is 11.8. The summed E-state index contributed by atoms with van der Waals surface area (Å²) in [5, 5.41) is 0. The molecule has 19 heavy (non-hydrogen) atoms. The summed E-state index contributed by atoms with van der Waals surface area (Å²) in [6.45, 7) is 3.30. The van der Waals surface area contributed by atoms with Crippen molar-refractivity contribution in [3.05, 3.63) is 23.8 Å². The molecule has 2 aliphatic rings. The molecule has 3 atom stereocenters. The Labute approximate surface area is 113 Å². The molecule has 1 aliphatic carbocycles. The molecule has 0 radical (unpaired) electrons. The zero-order chi connectivity index (χ0) is 13.7. The molecule has 1 unspecified atom stereocenters. The van der Waals surface area contributed by atoms with Gasteiger partial charge >= 0.3 is 5.97 Å². The SMILES string of the molecule is CCOC(=O)C1=CC=CC1[C@H]1OCC[C@@H](COC)O1. The molecular formula is C14H20O5. The van der Waals surface area contributed by atoms with E-state index in [2.05, 4.69) is 0 Å². The molecule has 1 saturated heterocycles. The molecule has 1 fully saturated rings. The quantitative estimate of drug-likeness (QED) is 0.706. The van der Waals surface area contributed by atoms with Gasteiger partial charge in [0.15, 0.2) is 6.29 Å². The first-order valence-electron chi connectivity index (χ1n) is 6.57. The van der Waals surface area contributed by atoms with Crippen molar-refractivity contribution in [3.8, 4) is 0 Å². The number of rotatable bonds is 5. The Bertz CT molecular complexity index is 372. The van der Waals surface area contributed by atoms with Crippen LogP contribution in [0.1, 0.15) is 13.3 Å². The molecule has 0 aromatic heterocycles. The monoisotopic (exact) mass is 268 g/mol. The Morgan fingerprint density at radius 2 is 2.37 bits per heavy atom. The summed E-state index contributed by atoms with van der Waals surface area (Å²) < 4.78 is 21.6. The Kier molecular flexibility index (Phi) is 5.13. The number of carbonyl (C=O) groups excluding carboxylic acids is 1. The van der Waals surface area contributed by atoms with E-state index in [1.54, 1.807) is 20.1 Å². The fraction of sp³-hybridized carbons (Fsp3) is 0.643. The lowest BCUT2D eigenvalue weighted by atomic mass is 10.0. The van der Waals surface area contributed by atoms with Gasteiger partial charge in [-0.05, 0) is 13.3 Å². The molecule has 5 nitrogen and oxygen atoms in total. The molecule has 0 aromatic carbocycles. The van der Waals surface area contributed by atoms with Gasteiger partial charge in [-0.15, -0.1) is 0 Å². The van der Waals surface area contributed by atoms with Crippen molar-refractivity contribution >= 4 is 5.97 Å². The van der Waals surface area contributed by atoms with Gasteiger partial charge in [0, 0.05) is 12.7 Å². The zero-order valence-corrected chi connectivity index (χ0v) is 11.3. The predicted molar refractivity (Wildman–Crippen MR) is 68.5 cm³/mol. The van der Waals surface area contributed by atoms with Crippen LogP contribution in [-0.4, -0.2) is 45.3 Å². The van der Waals surface area contributed by atoms with Gasteiger partial charge in [0.05, 0.1) is 31.8 Å². The highest BCUT2D eigenvalue weighted by Gasteiger charge is 2.35. The summed E-state index contributed by atoms with van der Waals surface area (Å²) in [6, 6.07) is 0. The highest BCUT2D eigenvalue weighted by atomic mass is 16.7. The smallest absolute Gasteiger partial charge is 0.334 e. The molecule has 0 saturated carbocycles. The van der Waals surface area contributed by atoms with Crippen molar-refractivity contribution in [2.45, 2.75) is 25.7 Å². The van der Waals surface area contributed by atoms with E-state index < -0.39 is 6.29 Å². The molecule has 0 spiro atoms. The standard InChI is InChI=1S/C14H20O5/c1-3-17-13(15)11-5-4-6-12(11)14-18-8-7-10(19-14)9-16-2/h4-6,10,12,14H,3,7-9H2,1-2H3/t10-,12?,14-/m0/s1. The van der Waals surface area contributed by atoms with E-state index in [-0.39, 0.29) is 18.0 Å². The van der Waals surface area contributed by atoms with Crippen molar-refractivity contribution in [1.29, 1.82) is 0 Å². The second-order valence-corrected chi connectivity index (χ2v) is 4.49. The van der Waals surface area contributed by atoms with E-state index in [0.717, 1.165) is 6.42 Å². The lowest BCUT2D eigenvalue weighted by Gasteiger charge is -2.33. The number of methoxy groups -OCH3 is 1. The molecule has 0 aromatic rings. The van der Waals surface area contributed by atoms with Crippen LogP contribution in [0, 0.1) is 5.92 Å². The van der Waals surface area contributed by atoms with Gasteiger partial charge in [-0.2, -0.15) is 0 Å². The third kappa shape index (κ3) is 3.43. The summed E-state index contributed by atoms with van der Waals surface area (Å²) in [4.78, 5) is 11.8. The minimum absolute atomic E-state index is 0.0150. The van der Waals surface area contributed by atoms with Gasteiger partial charge in [-0.25, -0.2) is 4.79 Å². The first-order chi connectivity index (χ1) is 9.26. The van der Waals surface area contributed by atoms with E-state index in [0.29, 0.717) is 25.4 Å². The largest absolute Gasteiger partial charge is 0.463 e. The van der Waals surface area contributed by atoms with Crippen molar-refractivity contribution in [2.75, 3.05) is 26.9 Å². The third-order valence-electron chi connectivity index (χ3n) is 3.16. The van der Waals surface area contributed by atoms with E-state index in [4.69, 9.17) is 18.9 Å². The third-order valence-corrected chi connectivity index (χ3v) is 3.16. The first-order valence-corrected chi connectivity index (χ1v) is 6.57. The fourth-order valence-corrected chi connectivity index (χ4v) is 2.26. The molecule has 0 N–H and O–H groups in total. The lowest BCUT2D eigenvalue weighted by molar-refractivity contribution is -0.232. The van der Waals surface area contributed by atoms with Crippen LogP contribution in [-0.2, 0) is 23.7 Å². The topological polar surface area (TPSA) is 54.0 Å². The van der Waals surface area contributed by atoms with Crippen molar-refractivity contribution in [2.24, 2.45) is 5.92 Å². The first kappa shape index (κ1) is 14.2. The number of carbonyl (C=O) groups is 1. The number of ether oxygens (including phenoxy) is 4. The second kappa shape index (κ2) is 6.84. The van der Waals surface area contributed by atoms with Crippen LogP contribution in [0.15, 0.2) is 23.8 Å². The van der Waals surface area contributed by atoms with E-state index >= 15 is 0 Å². The number of allylic oxidation sites excluding steroid dienone is 2. The Hall–Kier alpha value is -1.17. The fourth-order valence-electron chi connectivity index (χ4n) is 2.26. The number of hydrogen-bond donors (Lipinski definition) is 0. The minimum atomic E-state index is -0.441. The minimum Gasteiger partial charge on any atom is -0.463 e. The number of hydrogen-bond acceptors (Lipinski definition) is 5. The summed E-state index contributed by atoms with van der Waals surface area (Å²) >= 11 is 0. The van der Waals surface area contributed by atoms with Gasteiger partial charge in [0.25, 0.3) is 0 Å². The summed E-state index contributed by atoms with van der Waals surface area (Å²) in [5.41, 5.74) is 0.588. The van der Waals surface area contributed by atoms with Crippen molar-refractivity contribution < 1.29 is 23.7 Å². The van der Waals surface area contributed by atoms with Gasteiger partial charge in [0.1, 0.15) is 0 Å². The predicted octanol–water partition coefficient (Wildman–Crippen LogP) is 1.44. The second-order valence-electron chi connectivity index (χ2n) is 4.49. The van der Waals surface area contributed by atoms with Crippen LogP contribution in [0.4, 0.5) is 0 Å². The maximum atomic E-state index is 11.8. The Balaban J connectivity index is 1.98. The average molecular weight is 268 g/mol. The molecule has 0 amide bonds. The highest BCUT2D eigenvalue weighted by Crippen LogP contribution is 2.30. The average Bonchev–Trinajstić information content (AvgIpc) is 2.89. The maximum Gasteiger partial charge on any atom is 0.334 e. The van der Waals surface area contributed by atoms with Gasteiger partial charge in [0.2, 0.25) is 0 Å². The Morgan fingerprint density at radius 3 is 3.11 bits per heavy atom. The molecule has 0 bridgehead atoms. The molecule has 2 rings (SSSR count). The zero-order valence-electron chi connectivity index (χ0n) is 11.3. The van der Waals surface area contributed by atoms with Gasteiger partial charge in [-0.3, -0.25) is 0 Å². The highest BCUT2D eigenvalue weighted by molar-refractivity contribution is 5.90. The van der Waals surface area contributed by atoms with E-state index in [1.165, 1.54) is 0 Å². The van der Waals surface area contributed by atoms with E-state index in [1.807, 2.05) is 12.2 Å². The molecule has 1 heterocycles. The summed E-state index contributed by atoms with van der Waals surface area (Å²) in [5.74, 6) is -0.503. The number of esters is 1. The van der Waals surface area contributed by atoms with Crippen LogP contribution < -0.4 is 0 Å². The summed E-state index contributed by atoms with van der Waals surface area (Å²) in [7, 11) is 1.65. The molecule has 106 valence electrons.